The van der Waals surface area contributed by atoms with Crippen LogP contribution in [0.25, 0.3) is 6.08 Å². The minimum absolute atomic E-state index is 0.100. The van der Waals surface area contributed by atoms with Crippen molar-refractivity contribution in [3.05, 3.63) is 83.1 Å². The largest absolute Gasteiger partial charge is 0.503 e. The number of benzene rings is 2. The molecule has 6 nitrogen and oxygen atoms in total. The molecule has 174 valence electrons. The number of hydrogen-bond acceptors (Lipinski definition) is 5. The Labute approximate surface area is 195 Å². The van der Waals surface area contributed by atoms with Crippen LogP contribution in [0, 0.1) is 0 Å². The summed E-state index contributed by atoms with van der Waals surface area (Å²) in [6, 6.07) is 16.1. The van der Waals surface area contributed by atoms with Crippen LogP contribution in [-0.4, -0.2) is 59.9 Å². The van der Waals surface area contributed by atoms with E-state index in [1.54, 1.807) is 18.1 Å². The minimum Gasteiger partial charge on any atom is -0.503 e. The molecular formula is C27H32N2O4. The number of ether oxygens (including phenoxy) is 1. The van der Waals surface area contributed by atoms with Gasteiger partial charge in [-0.05, 0) is 55.4 Å². The van der Waals surface area contributed by atoms with Crippen LogP contribution in [0.3, 0.4) is 0 Å². The molecule has 2 aromatic rings. The Morgan fingerprint density at radius 1 is 1.12 bits per heavy atom. The smallest absolute Gasteiger partial charge is 0.290 e. The Bertz CT molecular complexity index is 1030. The SMILES string of the molecule is CCN(CC)CCCN1C(=O)C(O)=C(C(=O)/C=C/c2ccccc2)C1c1cccc(OC)c1. The Balaban J connectivity index is 1.92. The first-order valence-electron chi connectivity index (χ1n) is 11.4. The normalized spacial score (nSPS) is 16.3. The van der Waals surface area contributed by atoms with Gasteiger partial charge in [-0.2, -0.15) is 0 Å². The first-order chi connectivity index (χ1) is 16.0. The first kappa shape index (κ1) is 24.3. The molecule has 0 radical (unpaired) electrons. The molecule has 1 N–H and O–H groups in total. The second kappa shape index (κ2) is 11.5. The summed E-state index contributed by atoms with van der Waals surface area (Å²) >= 11 is 0. The van der Waals surface area contributed by atoms with E-state index in [0.717, 1.165) is 37.2 Å². The standard InChI is InChI=1S/C27H32N2O4/c1-4-28(5-2)17-10-18-29-25(21-13-9-14-22(19-21)33-3)24(26(31)27(29)32)23(30)16-15-20-11-7-6-8-12-20/h6-9,11-16,19,25,31H,4-5,10,17-18H2,1-3H3/b16-15+. The molecular weight excluding hydrogens is 416 g/mol. The Morgan fingerprint density at radius 3 is 2.52 bits per heavy atom. The van der Waals surface area contributed by atoms with E-state index in [1.165, 1.54) is 6.08 Å². The Hall–Kier alpha value is -3.38. The molecule has 1 unspecified atom stereocenters. The summed E-state index contributed by atoms with van der Waals surface area (Å²) < 4.78 is 5.36. The number of aliphatic hydroxyl groups is 1. The van der Waals surface area contributed by atoms with Crippen LogP contribution < -0.4 is 4.74 Å². The minimum atomic E-state index is -0.669. The molecule has 1 aliphatic heterocycles. The second-order valence-corrected chi connectivity index (χ2v) is 7.93. The van der Waals surface area contributed by atoms with Crippen molar-refractivity contribution >= 4 is 17.8 Å². The summed E-state index contributed by atoms with van der Waals surface area (Å²) in [5.41, 5.74) is 1.69. The van der Waals surface area contributed by atoms with Crippen LogP contribution in [0.5, 0.6) is 5.75 Å². The highest BCUT2D eigenvalue weighted by molar-refractivity contribution is 6.14. The number of carbonyl (C=O) groups is 2. The molecule has 1 amide bonds. The van der Waals surface area contributed by atoms with Crippen molar-refractivity contribution in [2.24, 2.45) is 0 Å². The zero-order chi connectivity index (χ0) is 23.8. The third-order valence-electron chi connectivity index (χ3n) is 5.97. The lowest BCUT2D eigenvalue weighted by molar-refractivity contribution is -0.129. The third kappa shape index (κ3) is 5.71. The van der Waals surface area contributed by atoms with Crippen molar-refractivity contribution in [3.63, 3.8) is 0 Å². The van der Waals surface area contributed by atoms with Gasteiger partial charge in [0.25, 0.3) is 5.91 Å². The molecule has 1 heterocycles. The van der Waals surface area contributed by atoms with Gasteiger partial charge >= 0.3 is 0 Å². The summed E-state index contributed by atoms with van der Waals surface area (Å²) in [4.78, 5) is 30.1. The molecule has 0 bridgehead atoms. The molecule has 1 aliphatic rings. The molecule has 3 rings (SSSR count). The maximum absolute atomic E-state index is 13.2. The molecule has 6 heteroatoms. The summed E-state index contributed by atoms with van der Waals surface area (Å²) in [6.45, 7) is 7.34. The fourth-order valence-corrected chi connectivity index (χ4v) is 4.12. The predicted molar refractivity (Wildman–Crippen MR) is 130 cm³/mol. The van der Waals surface area contributed by atoms with E-state index in [1.807, 2.05) is 54.6 Å². The molecule has 0 spiro atoms. The fourth-order valence-electron chi connectivity index (χ4n) is 4.12. The van der Waals surface area contributed by atoms with Crippen LogP contribution in [0.2, 0.25) is 0 Å². The fraction of sp³-hybridized carbons (Fsp3) is 0.333. The van der Waals surface area contributed by atoms with E-state index in [-0.39, 0.29) is 11.4 Å². The predicted octanol–water partition coefficient (Wildman–Crippen LogP) is 4.41. The number of aliphatic hydroxyl groups excluding tert-OH is 1. The molecule has 0 saturated heterocycles. The second-order valence-electron chi connectivity index (χ2n) is 7.93. The van der Waals surface area contributed by atoms with Crippen molar-refractivity contribution in [2.75, 3.05) is 33.3 Å². The highest BCUT2D eigenvalue weighted by atomic mass is 16.5. The number of methoxy groups -OCH3 is 1. The van der Waals surface area contributed by atoms with Gasteiger partial charge in [0.15, 0.2) is 11.5 Å². The van der Waals surface area contributed by atoms with Crippen molar-refractivity contribution in [3.8, 4) is 5.75 Å². The first-order valence-corrected chi connectivity index (χ1v) is 11.4. The van der Waals surface area contributed by atoms with Gasteiger partial charge in [-0.15, -0.1) is 0 Å². The van der Waals surface area contributed by atoms with E-state index >= 15 is 0 Å². The monoisotopic (exact) mass is 448 g/mol. The van der Waals surface area contributed by atoms with Gasteiger partial charge in [0, 0.05) is 6.54 Å². The Morgan fingerprint density at radius 2 is 1.85 bits per heavy atom. The molecule has 0 aromatic heterocycles. The van der Waals surface area contributed by atoms with Crippen molar-refractivity contribution in [1.29, 1.82) is 0 Å². The van der Waals surface area contributed by atoms with Crippen LogP contribution in [0.4, 0.5) is 0 Å². The topological polar surface area (TPSA) is 70.1 Å². The molecule has 0 fully saturated rings. The van der Waals surface area contributed by atoms with Crippen LogP contribution in [0.1, 0.15) is 37.4 Å². The number of carbonyl (C=O) groups excluding carboxylic acids is 2. The van der Waals surface area contributed by atoms with Gasteiger partial charge in [-0.1, -0.05) is 62.4 Å². The van der Waals surface area contributed by atoms with Gasteiger partial charge in [0.2, 0.25) is 0 Å². The van der Waals surface area contributed by atoms with Crippen LogP contribution in [-0.2, 0) is 9.59 Å². The van der Waals surface area contributed by atoms with Crippen molar-refractivity contribution in [1.82, 2.24) is 9.80 Å². The molecule has 33 heavy (non-hydrogen) atoms. The summed E-state index contributed by atoms with van der Waals surface area (Å²) in [5.74, 6) is -0.753. The highest BCUT2D eigenvalue weighted by Crippen LogP contribution is 2.39. The van der Waals surface area contributed by atoms with Crippen LogP contribution >= 0.6 is 0 Å². The van der Waals surface area contributed by atoms with Gasteiger partial charge in [-0.3, -0.25) is 9.59 Å². The Kier molecular flexibility index (Phi) is 8.44. The van der Waals surface area contributed by atoms with Gasteiger partial charge in [-0.25, -0.2) is 0 Å². The van der Waals surface area contributed by atoms with Crippen LogP contribution in [0.15, 0.2) is 72.0 Å². The summed E-state index contributed by atoms with van der Waals surface area (Å²) in [5, 5.41) is 10.7. The number of ketones is 1. The lowest BCUT2D eigenvalue weighted by atomic mass is 9.95. The number of nitrogens with zero attached hydrogens (tertiary/aromatic N) is 2. The lowest BCUT2D eigenvalue weighted by Gasteiger charge is -2.28. The average molecular weight is 449 g/mol. The molecule has 0 aliphatic carbocycles. The van der Waals surface area contributed by atoms with E-state index < -0.39 is 17.7 Å². The van der Waals surface area contributed by atoms with E-state index in [2.05, 4.69) is 18.7 Å². The quantitative estimate of drug-likeness (QED) is 0.516. The van der Waals surface area contributed by atoms with Crippen molar-refractivity contribution < 1.29 is 19.4 Å². The maximum Gasteiger partial charge on any atom is 0.290 e. The number of rotatable bonds is 11. The highest BCUT2D eigenvalue weighted by Gasteiger charge is 2.42. The maximum atomic E-state index is 13.2. The van der Waals surface area contributed by atoms with Gasteiger partial charge in [0.05, 0.1) is 18.7 Å². The van der Waals surface area contributed by atoms with E-state index in [0.29, 0.717) is 12.3 Å². The molecule has 1 atom stereocenters. The van der Waals surface area contributed by atoms with E-state index in [9.17, 15) is 14.7 Å². The van der Waals surface area contributed by atoms with Crippen molar-refractivity contribution in [2.45, 2.75) is 26.3 Å². The third-order valence-corrected chi connectivity index (χ3v) is 5.97. The average Bonchev–Trinajstić information content (AvgIpc) is 3.11. The zero-order valence-electron chi connectivity index (χ0n) is 19.5. The number of hydrogen-bond donors (Lipinski definition) is 1. The molecule has 0 saturated carbocycles. The lowest BCUT2D eigenvalue weighted by Crippen LogP contribution is -2.34. The number of allylic oxidation sites excluding steroid dienone is 1. The summed E-state index contributed by atoms with van der Waals surface area (Å²) in [6.07, 6.45) is 3.85. The summed E-state index contributed by atoms with van der Waals surface area (Å²) in [7, 11) is 1.57. The van der Waals surface area contributed by atoms with E-state index in [4.69, 9.17) is 4.74 Å². The zero-order valence-corrected chi connectivity index (χ0v) is 19.5. The van der Waals surface area contributed by atoms with Gasteiger partial charge < -0.3 is 19.6 Å². The number of amides is 1. The molecule has 2 aromatic carbocycles. The van der Waals surface area contributed by atoms with Gasteiger partial charge in [0.1, 0.15) is 5.75 Å².